The van der Waals surface area contributed by atoms with Crippen molar-refractivity contribution >= 4 is 72.3 Å². The quantitative estimate of drug-likeness (QED) is 0.253. The molecule has 1 amide bonds. The van der Waals surface area contributed by atoms with E-state index in [4.69, 9.17) is 26.1 Å². The monoisotopic (exact) mass is 651 g/mol. The van der Waals surface area contributed by atoms with E-state index in [1.54, 1.807) is 54.8 Å². The zero-order valence-corrected chi connectivity index (χ0v) is 26.2. The number of fused-ring (bicyclic) bond motifs is 1. The lowest BCUT2D eigenvalue weighted by molar-refractivity contribution is 0.0948. The summed E-state index contributed by atoms with van der Waals surface area (Å²) in [6.45, 7) is 4.35. The first-order chi connectivity index (χ1) is 19.8. The van der Waals surface area contributed by atoms with Crippen molar-refractivity contribution in [1.82, 2.24) is 15.2 Å². The molecule has 4 aromatic rings. The molecule has 0 aliphatic carbocycles. The third kappa shape index (κ3) is 7.01. The first kappa shape index (κ1) is 31.6. The molecular weight excluding hydrogens is 621 g/mol. The van der Waals surface area contributed by atoms with E-state index in [-0.39, 0.29) is 34.5 Å². The standard InChI is InChI=1S/C28H30ClN5O5S2.ClH/c1-38-19-7-9-20(10-8-19)41(36,37)32-23-6-4-3-5-21(23)27(35)30-13-14-33-15-17-34(18-16-33)28-31-25-24(40-28)12-11-22(29)26(25)39-2;/h3-12,32H,13-18H2,1-2H3,(H,30,35);1H. The fourth-order valence-corrected chi connectivity index (χ4v) is 6.90. The normalized spacial score (nSPS) is 13.8. The molecule has 42 heavy (non-hydrogen) atoms. The van der Waals surface area contributed by atoms with Crippen molar-refractivity contribution in [2.75, 3.05) is 63.1 Å². The molecule has 224 valence electrons. The summed E-state index contributed by atoms with van der Waals surface area (Å²) < 4.78 is 39.9. The van der Waals surface area contributed by atoms with Gasteiger partial charge in [0, 0.05) is 39.3 Å². The summed E-state index contributed by atoms with van der Waals surface area (Å²) in [7, 11) is -0.788. The molecule has 2 N–H and O–H groups in total. The van der Waals surface area contributed by atoms with Gasteiger partial charge in [0.1, 0.15) is 11.3 Å². The number of piperazine rings is 1. The van der Waals surface area contributed by atoms with Gasteiger partial charge in [-0.1, -0.05) is 35.1 Å². The number of benzene rings is 3. The summed E-state index contributed by atoms with van der Waals surface area (Å²) in [6, 6.07) is 16.4. The molecular formula is C28H31Cl2N5O5S2. The molecule has 3 aromatic carbocycles. The number of aromatic nitrogens is 1. The van der Waals surface area contributed by atoms with Crippen molar-refractivity contribution in [3.8, 4) is 11.5 Å². The Labute approximate surface area is 260 Å². The number of ether oxygens (including phenoxy) is 2. The number of amides is 1. The number of thiazole rings is 1. The van der Waals surface area contributed by atoms with Crippen LogP contribution in [0.5, 0.6) is 11.5 Å². The smallest absolute Gasteiger partial charge is 0.261 e. The number of sulfonamides is 1. The zero-order chi connectivity index (χ0) is 29.0. The molecule has 0 saturated carbocycles. The van der Waals surface area contributed by atoms with Crippen molar-refractivity contribution in [3.63, 3.8) is 0 Å². The molecule has 0 bridgehead atoms. The third-order valence-electron chi connectivity index (χ3n) is 6.80. The van der Waals surface area contributed by atoms with Crippen molar-refractivity contribution in [2.24, 2.45) is 0 Å². The van der Waals surface area contributed by atoms with E-state index < -0.39 is 10.0 Å². The van der Waals surface area contributed by atoms with Crippen LogP contribution in [0.25, 0.3) is 10.2 Å². The molecule has 1 aliphatic heterocycles. The lowest BCUT2D eigenvalue weighted by Gasteiger charge is -2.34. The van der Waals surface area contributed by atoms with E-state index >= 15 is 0 Å². The van der Waals surface area contributed by atoms with Crippen LogP contribution in [0.2, 0.25) is 5.02 Å². The zero-order valence-electron chi connectivity index (χ0n) is 23.0. The molecule has 1 aromatic heterocycles. The first-order valence-electron chi connectivity index (χ1n) is 12.9. The van der Waals surface area contributed by atoms with Crippen molar-refractivity contribution in [2.45, 2.75) is 4.90 Å². The van der Waals surface area contributed by atoms with E-state index in [2.05, 4.69) is 19.8 Å². The summed E-state index contributed by atoms with van der Waals surface area (Å²) in [5.74, 6) is 0.794. The van der Waals surface area contributed by atoms with Gasteiger partial charge in [-0.2, -0.15) is 0 Å². The van der Waals surface area contributed by atoms with Crippen molar-refractivity contribution < 1.29 is 22.7 Å². The number of hydrogen-bond donors (Lipinski definition) is 2. The Hall–Kier alpha value is -3.29. The summed E-state index contributed by atoms with van der Waals surface area (Å²) in [6.07, 6.45) is 0. The number of nitrogens with zero attached hydrogens (tertiary/aromatic N) is 3. The summed E-state index contributed by atoms with van der Waals surface area (Å²) in [4.78, 5) is 22.4. The van der Waals surface area contributed by atoms with Gasteiger partial charge in [-0.3, -0.25) is 14.4 Å². The van der Waals surface area contributed by atoms with E-state index in [1.807, 2.05) is 12.1 Å². The molecule has 0 radical (unpaired) electrons. The Morgan fingerprint density at radius 2 is 1.71 bits per heavy atom. The van der Waals surface area contributed by atoms with Crippen LogP contribution in [0, 0.1) is 0 Å². The van der Waals surface area contributed by atoms with Crippen LogP contribution in [0.1, 0.15) is 10.4 Å². The fraction of sp³-hybridized carbons (Fsp3) is 0.286. The number of para-hydroxylation sites is 1. The minimum Gasteiger partial charge on any atom is -0.497 e. The second-order valence-corrected chi connectivity index (χ2v) is 12.4. The lowest BCUT2D eigenvalue weighted by atomic mass is 10.1. The molecule has 1 aliphatic rings. The third-order valence-corrected chi connectivity index (χ3v) is 9.56. The van der Waals surface area contributed by atoms with Crippen molar-refractivity contribution in [1.29, 1.82) is 0 Å². The topological polar surface area (TPSA) is 113 Å². The molecule has 1 fully saturated rings. The average molecular weight is 653 g/mol. The molecule has 1 saturated heterocycles. The fourth-order valence-electron chi connectivity index (χ4n) is 4.58. The van der Waals surface area contributed by atoms with Gasteiger partial charge < -0.3 is 19.7 Å². The minimum atomic E-state index is -3.89. The largest absolute Gasteiger partial charge is 0.497 e. The maximum atomic E-state index is 13.0. The number of carbonyl (C=O) groups excluding carboxylic acids is 1. The maximum Gasteiger partial charge on any atom is 0.261 e. The van der Waals surface area contributed by atoms with Crippen LogP contribution in [-0.4, -0.2) is 77.7 Å². The van der Waals surface area contributed by atoms with Gasteiger partial charge in [-0.25, -0.2) is 13.4 Å². The number of rotatable bonds is 10. The Morgan fingerprint density at radius 1 is 1.00 bits per heavy atom. The van der Waals surface area contributed by atoms with Gasteiger partial charge in [0.15, 0.2) is 10.9 Å². The van der Waals surface area contributed by atoms with Gasteiger partial charge in [0.2, 0.25) is 0 Å². The highest BCUT2D eigenvalue weighted by molar-refractivity contribution is 7.92. The van der Waals surface area contributed by atoms with Gasteiger partial charge >= 0.3 is 0 Å². The molecule has 2 heterocycles. The van der Waals surface area contributed by atoms with Crippen LogP contribution in [-0.2, 0) is 10.0 Å². The lowest BCUT2D eigenvalue weighted by Crippen LogP contribution is -2.48. The number of methoxy groups -OCH3 is 2. The Balaban J connectivity index is 0.00000405. The molecule has 0 spiro atoms. The minimum absolute atomic E-state index is 0. The molecule has 14 heteroatoms. The predicted octanol–water partition coefficient (Wildman–Crippen LogP) is 4.74. The van der Waals surface area contributed by atoms with Gasteiger partial charge in [-0.15, -0.1) is 12.4 Å². The molecule has 0 atom stereocenters. The van der Waals surface area contributed by atoms with Crippen molar-refractivity contribution in [3.05, 3.63) is 71.2 Å². The highest BCUT2D eigenvalue weighted by atomic mass is 35.5. The Bertz CT molecular complexity index is 1640. The molecule has 10 nitrogen and oxygen atoms in total. The van der Waals surface area contributed by atoms with Gasteiger partial charge in [-0.05, 0) is 48.5 Å². The van der Waals surface area contributed by atoms with E-state index in [9.17, 15) is 13.2 Å². The number of anilines is 2. The van der Waals surface area contributed by atoms with Crippen LogP contribution in [0.3, 0.4) is 0 Å². The predicted molar refractivity (Wildman–Crippen MR) is 170 cm³/mol. The van der Waals surface area contributed by atoms with Crippen LogP contribution < -0.4 is 24.4 Å². The Morgan fingerprint density at radius 3 is 2.40 bits per heavy atom. The first-order valence-corrected chi connectivity index (χ1v) is 15.6. The number of halogens is 2. The number of nitrogens with one attached hydrogen (secondary N) is 2. The van der Waals surface area contributed by atoms with Gasteiger partial charge in [0.05, 0.1) is 40.1 Å². The van der Waals surface area contributed by atoms with E-state index in [0.29, 0.717) is 29.6 Å². The highest BCUT2D eigenvalue weighted by Crippen LogP contribution is 2.38. The van der Waals surface area contributed by atoms with E-state index in [1.165, 1.54) is 19.2 Å². The van der Waals surface area contributed by atoms with Gasteiger partial charge in [0.25, 0.3) is 15.9 Å². The number of carbonyl (C=O) groups is 1. The Kier molecular flexibility index (Phi) is 10.4. The van der Waals surface area contributed by atoms with Crippen LogP contribution in [0.15, 0.2) is 65.6 Å². The second-order valence-electron chi connectivity index (χ2n) is 9.34. The second kappa shape index (κ2) is 13.8. The SMILES string of the molecule is COc1ccc(S(=O)(=O)Nc2ccccc2C(=O)NCCN2CCN(c3nc4c(OC)c(Cl)ccc4s3)CC2)cc1.Cl. The average Bonchev–Trinajstić information content (AvgIpc) is 3.42. The molecule has 5 rings (SSSR count). The highest BCUT2D eigenvalue weighted by Gasteiger charge is 2.22. The maximum absolute atomic E-state index is 13.0. The summed E-state index contributed by atoms with van der Waals surface area (Å²) >= 11 is 7.87. The van der Waals surface area contributed by atoms with Crippen LogP contribution in [0.4, 0.5) is 10.8 Å². The summed E-state index contributed by atoms with van der Waals surface area (Å²) in [5, 5.41) is 4.40. The number of hydrogen-bond acceptors (Lipinski definition) is 9. The summed E-state index contributed by atoms with van der Waals surface area (Å²) in [5.41, 5.74) is 1.24. The van der Waals surface area contributed by atoms with E-state index in [0.717, 1.165) is 41.5 Å². The molecule has 0 unspecified atom stereocenters. The van der Waals surface area contributed by atoms with Crippen LogP contribution >= 0.6 is 35.3 Å².